The molecule has 1 rings (SSSR count). The fraction of sp³-hybridized carbons (Fsp3) is 0.286. The van der Waals surface area contributed by atoms with E-state index < -0.39 is 0 Å². The molecule has 0 unspecified atom stereocenters. The van der Waals surface area contributed by atoms with Gasteiger partial charge in [-0.1, -0.05) is 22.6 Å². The zero-order chi connectivity index (χ0) is 7.56. The van der Waals surface area contributed by atoms with Crippen molar-refractivity contribution in [3.8, 4) is 0 Å². The quantitative estimate of drug-likeness (QED) is 0.457. The van der Waals surface area contributed by atoms with E-state index in [1.54, 1.807) is 11.3 Å². The highest BCUT2D eigenvalue weighted by atomic mass is 127. The summed E-state index contributed by atoms with van der Waals surface area (Å²) in [6.45, 7) is 2.11. The van der Waals surface area contributed by atoms with Crippen LogP contribution in [-0.4, -0.2) is 6.29 Å². The smallest absolute Gasteiger partial charge is 0.150 e. The maximum Gasteiger partial charge on any atom is 0.150 e. The maximum absolute atomic E-state index is 10.2. The molecular weight excluding hydrogens is 259 g/mol. The van der Waals surface area contributed by atoms with Gasteiger partial charge in [0.05, 0.1) is 0 Å². The average Bonchev–Trinajstić information content (AvgIpc) is 2.34. The van der Waals surface area contributed by atoms with E-state index in [9.17, 15) is 4.79 Å². The van der Waals surface area contributed by atoms with Gasteiger partial charge in [-0.3, -0.25) is 4.79 Å². The Kier molecular flexibility index (Phi) is 2.85. The lowest BCUT2D eigenvalue weighted by Crippen LogP contribution is -1.74. The van der Waals surface area contributed by atoms with Crippen LogP contribution < -0.4 is 0 Å². The fourth-order valence-electron chi connectivity index (χ4n) is 0.639. The lowest BCUT2D eigenvalue weighted by atomic mass is 10.3. The number of rotatable bonds is 2. The molecule has 1 nitrogen and oxygen atoms in total. The van der Waals surface area contributed by atoms with Crippen molar-refractivity contribution in [2.24, 2.45) is 0 Å². The first-order valence-corrected chi connectivity index (χ1v) is 5.04. The number of thiophene rings is 1. The van der Waals surface area contributed by atoms with Gasteiger partial charge in [0.2, 0.25) is 0 Å². The molecule has 0 radical (unpaired) electrons. The highest BCUT2D eigenvalue weighted by Crippen LogP contribution is 2.27. The van der Waals surface area contributed by atoms with Crippen molar-refractivity contribution in [3.05, 3.63) is 21.9 Å². The van der Waals surface area contributed by atoms with Crippen molar-refractivity contribution in [1.29, 1.82) is 0 Å². The molecule has 0 aliphatic heterocycles. The van der Waals surface area contributed by atoms with E-state index in [2.05, 4.69) is 29.5 Å². The van der Waals surface area contributed by atoms with Crippen LogP contribution in [0.1, 0.15) is 26.1 Å². The summed E-state index contributed by atoms with van der Waals surface area (Å²) in [5.41, 5.74) is 0.795. The Morgan fingerprint density at radius 2 is 2.50 bits per heavy atom. The largest absolute Gasteiger partial charge is 0.298 e. The summed E-state index contributed by atoms with van der Waals surface area (Å²) in [5.74, 6) is 0. The van der Waals surface area contributed by atoms with Crippen LogP contribution in [0.15, 0.2) is 11.4 Å². The average molecular weight is 266 g/mol. The van der Waals surface area contributed by atoms with E-state index in [4.69, 9.17) is 0 Å². The van der Waals surface area contributed by atoms with Crippen LogP contribution in [0.2, 0.25) is 0 Å². The van der Waals surface area contributed by atoms with Crippen molar-refractivity contribution in [3.63, 3.8) is 0 Å². The van der Waals surface area contributed by atoms with Crippen LogP contribution in [0.5, 0.6) is 0 Å². The van der Waals surface area contributed by atoms with E-state index in [1.165, 1.54) is 4.88 Å². The molecule has 0 bridgehead atoms. The normalized spacial score (nSPS) is 13.0. The first kappa shape index (κ1) is 8.20. The van der Waals surface area contributed by atoms with Crippen molar-refractivity contribution in [2.45, 2.75) is 10.8 Å². The standard InChI is InChI=1S/C7H7IOS/c1-5(8)7-2-6(3-9)4-10-7/h2-5H,1H3/t5-/m1/s1. The van der Waals surface area contributed by atoms with Gasteiger partial charge in [-0.25, -0.2) is 0 Å². The van der Waals surface area contributed by atoms with Gasteiger partial charge in [0.15, 0.2) is 6.29 Å². The third-order valence-corrected chi connectivity index (χ3v) is 3.40. The Hall–Kier alpha value is 0.1000. The van der Waals surface area contributed by atoms with E-state index in [1.807, 2.05) is 11.4 Å². The van der Waals surface area contributed by atoms with E-state index in [-0.39, 0.29) is 0 Å². The molecule has 1 atom stereocenters. The third-order valence-electron chi connectivity index (χ3n) is 1.17. The van der Waals surface area contributed by atoms with Gasteiger partial charge >= 0.3 is 0 Å². The summed E-state index contributed by atoms with van der Waals surface area (Å²) in [5, 5.41) is 1.89. The molecule has 3 heteroatoms. The summed E-state index contributed by atoms with van der Waals surface area (Å²) in [7, 11) is 0. The van der Waals surface area contributed by atoms with Crippen molar-refractivity contribution < 1.29 is 4.79 Å². The van der Waals surface area contributed by atoms with E-state index in [0.29, 0.717) is 3.92 Å². The molecule has 1 aromatic heterocycles. The van der Waals surface area contributed by atoms with Crippen LogP contribution in [0.25, 0.3) is 0 Å². The van der Waals surface area contributed by atoms with Crippen molar-refractivity contribution in [1.82, 2.24) is 0 Å². The lowest BCUT2D eigenvalue weighted by molar-refractivity contribution is 0.112. The zero-order valence-electron chi connectivity index (χ0n) is 5.50. The number of hydrogen-bond donors (Lipinski definition) is 0. The zero-order valence-corrected chi connectivity index (χ0v) is 8.48. The minimum Gasteiger partial charge on any atom is -0.298 e. The SMILES string of the molecule is C[C@@H](I)c1cc(C=O)cs1. The molecule has 0 saturated heterocycles. The highest BCUT2D eigenvalue weighted by molar-refractivity contribution is 14.1. The van der Waals surface area contributed by atoms with Gasteiger partial charge in [-0.05, 0) is 13.0 Å². The van der Waals surface area contributed by atoms with Gasteiger partial charge in [-0.2, -0.15) is 0 Å². The minimum absolute atomic E-state index is 0.510. The van der Waals surface area contributed by atoms with Gasteiger partial charge < -0.3 is 0 Å². The Balaban J connectivity index is 2.88. The van der Waals surface area contributed by atoms with Crippen LogP contribution in [-0.2, 0) is 0 Å². The Labute approximate surface area is 77.6 Å². The van der Waals surface area contributed by atoms with Crippen LogP contribution in [0.3, 0.4) is 0 Å². The molecular formula is C7H7IOS. The third kappa shape index (κ3) is 1.79. The molecule has 1 aromatic rings. The number of carbonyl (C=O) groups is 1. The van der Waals surface area contributed by atoms with Crippen LogP contribution in [0.4, 0.5) is 0 Å². The molecule has 0 saturated carbocycles. The number of hydrogen-bond acceptors (Lipinski definition) is 2. The molecule has 0 amide bonds. The number of carbonyl (C=O) groups excluding carboxylic acids is 1. The first-order valence-electron chi connectivity index (χ1n) is 2.91. The molecule has 0 N–H and O–H groups in total. The second-order valence-corrected chi connectivity index (χ2v) is 4.83. The topological polar surface area (TPSA) is 17.1 Å². The second-order valence-electron chi connectivity index (χ2n) is 2.02. The molecule has 0 spiro atoms. The number of alkyl halides is 1. The molecule has 1 heterocycles. The minimum atomic E-state index is 0.510. The van der Waals surface area contributed by atoms with Crippen molar-refractivity contribution in [2.75, 3.05) is 0 Å². The summed E-state index contributed by atoms with van der Waals surface area (Å²) in [4.78, 5) is 11.5. The van der Waals surface area contributed by atoms with Crippen LogP contribution >= 0.6 is 33.9 Å². The molecule has 0 aliphatic rings. The Morgan fingerprint density at radius 3 is 2.80 bits per heavy atom. The summed E-state index contributed by atoms with van der Waals surface area (Å²) < 4.78 is 0.510. The Bertz CT molecular complexity index is 229. The fourth-order valence-corrected chi connectivity index (χ4v) is 2.05. The number of aldehydes is 1. The Morgan fingerprint density at radius 1 is 1.80 bits per heavy atom. The summed E-state index contributed by atoms with van der Waals surface area (Å²) in [6.07, 6.45) is 0.888. The van der Waals surface area contributed by atoms with Gasteiger partial charge in [0.25, 0.3) is 0 Å². The summed E-state index contributed by atoms with van der Waals surface area (Å²) >= 11 is 3.98. The van der Waals surface area contributed by atoms with Crippen molar-refractivity contribution >= 4 is 40.2 Å². The maximum atomic E-state index is 10.2. The van der Waals surface area contributed by atoms with Gasteiger partial charge in [-0.15, -0.1) is 11.3 Å². The highest BCUT2D eigenvalue weighted by Gasteiger charge is 2.02. The first-order chi connectivity index (χ1) is 4.74. The lowest BCUT2D eigenvalue weighted by Gasteiger charge is -1.93. The van der Waals surface area contributed by atoms with Crippen LogP contribution in [0, 0.1) is 0 Å². The predicted molar refractivity (Wildman–Crippen MR) is 52.1 cm³/mol. The van der Waals surface area contributed by atoms with Gasteiger partial charge in [0.1, 0.15) is 0 Å². The van der Waals surface area contributed by atoms with E-state index in [0.717, 1.165) is 11.8 Å². The monoisotopic (exact) mass is 266 g/mol. The van der Waals surface area contributed by atoms with Gasteiger partial charge in [0, 0.05) is 19.7 Å². The predicted octanol–water partition coefficient (Wildman–Crippen LogP) is 3.06. The number of halogens is 1. The van der Waals surface area contributed by atoms with E-state index >= 15 is 0 Å². The molecule has 0 aromatic carbocycles. The summed E-state index contributed by atoms with van der Waals surface area (Å²) in [6, 6.07) is 1.94. The molecule has 0 fully saturated rings. The molecule has 54 valence electrons. The second kappa shape index (κ2) is 3.48. The molecule has 10 heavy (non-hydrogen) atoms. The molecule has 0 aliphatic carbocycles.